The van der Waals surface area contributed by atoms with Crippen LogP contribution in [0.5, 0.6) is 0 Å². The first kappa shape index (κ1) is 12.3. The minimum atomic E-state index is 0.281. The van der Waals surface area contributed by atoms with Gasteiger partial charge in [-0.15, -0.1) is 10.2 Å². The molecule has 1 fully saturated rings. The van der Waals surface area contributed by atoms with Gasteiger partial charge in [-0.2, -0.15) is 0 Å². The van der Waals surface area contributed by atoms with Crippen molar-refractivity contribution >= 4 is 17.0 Å². The van der Waals surface area contributed by atoms with Crippen LogP contribution in [0.25, 0.3) is 11.0 Å². The highest BCUT2D eigenvalue weighted by Gasteiger charge is 2.26. The van der Waals surface area contributed by atoms with Crippen molar-refractivity contribution in [3.05, 3.63) is 24.3 Å². The van der Waals surface area contributed by atoms with Crippen molar-refractivity contribution in [2.45, 2.75) is 19.3 Å². The minimum Gasteiger partial charge on any atom is -0.396 e. The molecule has 0 bridgehead atoms. The number of rotatable bonds is 4. The third-order valence-corrected chi connectivity index (χ3v) is 3.93. The molecule has 5 heteroatoms. The normalized spacial score (nSPS) is 22.8. The maximum atomic E-state index is 9.30. The Labute approximate surface area is 112 Å². The lowest BCUT2D eigenvalue weighted by atomic mass is 9.97. The standard InChI is InChI=1S/C14H18N4O/c19-9-11-5-3-4-10(11)8-15-14-16-12-6-1-2-7-13(12)17-18-14/h1-2,6-7,10-11,19H,3-5,8-9H2,(H,15,16,18). The van der Waals surface area contributed by atoms with Gasteiger partial charge in [0.15, 0.2) is 0 Å². The molecule has 3 rings (SSSR count). The summed E-state index contributed by atoms with van der Waals surface area (Å²) in [6, 6.07) is 7.70. The molecule has 19 heavy (non-hydrogen) atoms. The number of aliphatic hydroxyl groups is 1. The van der Waals surface area contributed by atoms with Crippen LogP contribution in [0.3, 0.4) is 0 Å². The number of para-hydroxylation sites is 1. The largest absolute Gasteiger partial charge is 0.396 e. The maximum absolute atomic E-state index is 9.30. The summed E-state index contributed by atoms with van der Waals surface area (Å²) in [6.45, 7) is 1.09. The number of fused-ring (bicyclic) bond motifs is 1. The summed E-state index contributed by atoms with van der Waals surface area (Å²) in [5.74, 6) is 1.50. The van der Waals surface area contributed by atoms with Crippen molar-refractivity contribution in [3.8, 4) is 0 Å². The lowest BCUT2D eigenvalue weighted by Crippen LogP contribution is -2.21. The molecule has 2 unspecified atom stereocenters. The number of nitrogens with one attached hydrogen (secondary N) is 1. The van der Waals surface area contributed by atoms with Crippen LogP contribution in [-0.4, -0.2) is 33.4 Å². The van der Waals surface area contributed by atoms with E-state index in [0.29, 0.717) is 17.8 Å². The van der Waals surface area contributed by atoms with Crippen LogP contribution in [0.4, 0.5) is 5.95 Å². The molecule has 0 amide bonds. The number of aliphatic hydroxyl groups excluding tert-OH is 1. The number of anilines is 1. The Bertz CT molecular complexity index is 560. The number of hydrogen-bond acceptors (Lipinski definition) is 5. The van der Waals surface area contributed by atoms with Crippen molar-refractivity contribution < 1.29 is 5.11 Å². The molecule has 1 aliphatic carbocycles. The van der Waals surface area contributed by atoms with Gasteiger partial charge in [0, 0.05) is 13.2 Å². The van der Waals surface area contributed by atoms with Gasteiger partial charge in [0.25, 0.3) is 0 Å². The van der Waals surface area contributed by atoms with Gasteiger partial charge in [0.1, 0.15) is 5.52 Å². The Balaban J connectivity index is 1.68. The van der Waals surface area contributed by atoms with Crippen molar-refractivity contribution in [2.75, 3.05) is 18.5 Å². The van der Waals surface area contributed by atoms with Crippen molar-refractivity contribution in [1.82, 2.24) is 15.2 Å². The first-order valence-electron chi connectivity index (χ1n) is 6.81. The van der Waals surface area contributed by atoms with E-state index in [2.05, 4.69) is 20.5 Å². The molecule has 0 radical (unpaired) electrons. The molecular weight excluding hydrogens is 240 g/mol. The van der Waals surface area contributed by atoms with E-state index in [1.807, 2.05) is 24.3 Å². The monoisotopic (exact) mass is 258 g/mol. The second-order valence-corrected chi connectivity index (χ2v) is 5.14. The summed E-state index contributed by atoms with van der Waals surface area (Å²) in [4.78, 5) is 4.44. The Morgan fingerprint density at radius 1 is 1.11 bits per heavy atom. The molecule has 1 heterocycles. The fourth-order valence-electron chi connectivity index (χ4n) is 2.80. The summed E-state index contributed by atoms with van der Waals surface area (Å²) < 4.78 is 0. The molecule has 2 atom stereocenters. The highest BCUT2D eigenvalue weighted by atomic mass is 16.3. The van der Waals surface area contributed by atoms with Crippen molar-refractivity contribution in [2.24, 2.45) is 11.8 Å². The quantitative estimate of drug-likeness (QED) is 0.875. The van der Waals surface area contributed by atoms with Gasteiger partial charge in [-0.3, -0.25) is 0 Å². The Kier molecular flexibility index (Phi) is 3.55. The van der Waals surface area contributed by atoms with Gasteiger partial charge in [0.2, 0.25) is 5.95 Å². The van der Waals surface area contributed by atoms with Crippen molar-refractivity contribution in [3.63, 3.8) is 0 Å². The Morgan fingerprint density at radius 2 is 1.89 bits per heavy atom. The van der Waals surface area contributed by atoms with Gasteiger partial charge in [-0.25, -0.2) is 4.98 Å². The Morgan fingerprint density at radius 3 is 2.74 bits per heavy atom. The second kappa shape index (κ2) is 5.48. The molecule has 1 saturated carbocycles. The van der Waals surface area contributed by atoms with Crippen LogP contribution in [0.2, 0.25) is 0 Å². The third kappa shape index (κ3) is 2.66. The molecule has 0 spiro atoms. The second-order valence-electron chi connectivity index (χ2n) is 5.14. The van der Waals surface area contributed by atoms with Crippen molar-refractivity contribution in [1.29, 1.82) is 0 Å². The minimum absolute atomic E-state index is 0.281. The lowest BCUT2D eigenvalue weighted by molar-refractivity contribution is 0.199. The van der Waals surface area contributed by atoms with Gasteiger partial charge in [-0.1, -0.05) is 18.6 Å². The molecule has 2 aromatic rings. The highest BCUT2D eigenvalue weighted by Crippen LogP contribution is 2.31. The summed E-state index contributed by atoms with van der Waals surface area (Å²) >= 11 is 0. The topological polar surface area (TPSA) is 70.9 Å². The zero-order valence-electron chi connectivity index (χ0n) is 10.8. The summed E-state index contributed by atoms with van der Waals surface area (Å²) in [5, 5.41) is 20.8. The van der Waals surface area contributed by atoms with E-state index in [-0.39, 0.29) is 6.61 Å². The fraction of sp³-hybridized carbons (Fsp3) is 0.500. The predicted molar refractivity (Wildman–Crippen MR) is 73.7 cm³/mol. The third-order valence-electron chi connectivity index (χ3n) is 3.93. The van der Waals surface area contributed by atoms with Gasteiger partial charge < -0.3 is 10.4 Å². The molecule has 0 saturated heterocycles. The highest BCUT2D eigenvalue weighted by molar-refractivity contribution is 5.73. The van der Waals surface area contributed by atoms with Gasteiger partial charge in [0.05, 0.1) is 5.52 Å². The molecule has 1 aromatic carbocycles. The van der Waals surface area contributed by atoms with Crippen LogP contribution < -0.4 is 5.32 Å². The van der Waals surface area contributed by atoms with E-state index in [0.717, 1.165) is 24.0 Å². The number of benzene rings is 1. The number of aromatic nitrogens is 3. The zero-order valence-corrected chi connectivity index (χ0v) is 10.8. The first-order chi connectivity index (χ1) is 9.36. The number of hydrogen-bond donors (Lipinski definition) is 2. The van der Waals surface area contributed by atoms with Crippen LogP contribution in [-0.2, 0) is 0 Å². The van der Waals surface area contributed by atoms with E-state index >= 15 is 0 Å². The molecule has 0 aliphatic heterocycles. The SMILES string of the molecule is OCC1CCCC1CNc1nnc2ccccc2n1. The molecule has 1 aromatic heterocycles. The molecule has 1 aliphatic rings. The van der Waals surface area contributed by atoms with Gasteiger partial charge in [-0.05, 0) is 36.8 Å². The Hall–Kier alpha value is -1.75. The van der Waals surface area contributed by atoms with Crippen LogP contribution in [0.15, 0.2) is 24.3 Å². The smallest absolute Gasteiger partial charge is 0.243 e. The van der Waals surface area contributed by atoms with E-state index in [9.17, 15) is 5.11 Å². The predicted octanol–water partition coefficient (Wildman–Crippen LogP) is 1.85. The van der Waals surface area contributed by atoms with E-state index < -0.39 is 0 Å². The molecule has 100 valence electrons. The van der Waals surface area contributed by atoms with Crippen LogP contribution in [0.1, 0.15) is 19.3 Å². The molecule has 5 nitrogen and oxygen atoms in total. The fourth-order valence-corrected chi connectivity index (χ4v) is 2.80. The average molecular weight is 258 g/mol. The van der Waals surface area contributed by atoms with Crippen LogP contribution in [0, 0.1) is 11.8 Å². The summed E-state index contributed by atoms with van der Waals surface area (Å²) in [6.07, 6.45) is 3.49. The van der Waals surface area contributed by atoms with Gasteiger partial charge >= 0.3 is 0 Å². The first-order valence-corrected chi connectivity index (χ1v) is 6.81. The molecule has 2 N–H and O–H groups in total. The molecular formula is C14H18N4O. The average Bonchev–Trinajstić information content (AvgIpc) is 2.92. The van der Waals surface area contributed by atoms with E-state index in [4.69, 9.17) is 0 Å². The zero-order chi connectivity index (χ0) is 13.1. The maximum Gasteiger partial charge on any atom is 0.243 e. The summed E-state index contributed by atoms with van der Waals surface area (Å²) in [7, 11) is 0. The van der Waals surface area contributed by atoms with E-state index in [1.54, 1.807) is 0 Å². The van der Waals surface area contributed by atoms with Crippen LogP contribution >= 0.6 is 0 Å². The summed E-state index contributed by atoms with van der Waals surface area (Å²) in [5.41, 5.74) is 1.66. The number of nitrogens with zero attached hydrogens (tertiary/aromatic N) is 3. The van der Waals surface area contributed by atoms with E-state index in [1.165, 1.54) is 12.8 Å². The lowest BCUT2D eigenvalue weighted by Gasteiger charge is -2.17.